The molecule has 126 valence electrons. The SMILES string of the molecule is CCN(C(=O)NCC1(c2ccc(F)cc2)CC1)c1cccc(C)c1. The van der Waals surface area contributed by atoms with Crippen LogP contribution in [0.25, 0.3) is 0 Å². The molecule has 1 N–H and O–H groups in total. The number of amides is 2. The molecule has 2 aromatic carbocycles. The molecule has 2 aromatic rings. The second kappa shape index (κ2) is 6.63. The number of nitrogens with zero attached hydrogens (tertiary/aromatic N) is 1. The van der Waals surface area contributed by atoms with E-state index in [2.05, 4.69) is 5.32 Å². The Morgan fingerprint density at radius 3 is 2.50 bits per heavy atom. The summed E-state index contributed by atoms with van der Waals surface area (Å²) in [5.74, 6) is -0.227. The van der Waals surface area contributed by atoms with Crippen molar-refractivity contribution in [3.05, 3.63) is 65.5 Å². The number of hydrogen-bond acceptors (Lipinski definition) is 1. The largest absolute Gasteiger partial charge is 0.337 e. The molecule has 0 bridgehead atoms. The van der Waals surface area contributed by atoms with E-state index in [-0.39, 0.29) is 17.3 Å². The minimum atomic E-state index is -0.227. The van der Waals surface area contributed by atoms with Crippen LogP contribution in [0.3, 0.4) is 0 Å². The second-order valence-electron chi connectivity index (χ2n) is 6.53. The molecule has 3 rings (SSSR count). The van der Waals surface area contributed by atoms with Crippen molar-refractivity contribution in [3.63, 3.8) is 0 Å². The van der Waals surface area contributed by atoms with Crippen LogP contribution in [-0.4, -0.2) is 19.1 Å². The number of benzene rings is 2. The van der Waals surface area contributed by atoms with E-state index in [1.165, 1.54) is 12.1 Å². The first kappa shape index (κ1) is 16.5. The van der Waals surface area contributed by atoms with Gasteiger partial charge in [-0.2, -0.15) is 0 Å². The van der Waals surface area contributed by atoms with Crippen LogP contribution in [0.5, 0.6) is 0 Å². The lowest BCUT2D eigenvalue weighted by atomic mass is 9.96. The van der Waals surface area contributed by atoms with E-state index in [0.29, 0.717) is 13.1 Å². The van der Waals surface area contributed by atoms with Gasteiger partial charge in [-0.05, 0) is 62.1 Å². The van der Waals surface area contributed by atoms with E-state index in [1.807, 2.05) is 50.2 Å². The van der Waals surface area contributed by atoms with Crippen LogP contribution in [0.1, 0.15) is 30.9 Å². The summed E-state index contributed by atoms with van der Waals surface area (Å²) >= 11 is 0. The molecule has 1 fully saturated rings. The van der Waals surface area contributed by atoms with E-state index >= 15 is 0 Å². The molecular formula is C20H23FN2O. The zero-order valence-electron chi connectivity index (χ0n) is 14.2. The van der Waals surface area contributed by atoms with Crippen molar-refractivity contribution in [1.82, 2.24) is 5.32 Å². The van der Waals surface area contributed by atoms with E-state index in [1.54, 1.807) is 4.90 Å². The van der Waals surface area contributed by atoms with Crippen LogP contribution in [0.15, 0.2) is 48.5 Å². The molecular weight excluding hydrogens is 303 g/mol. The van der Waals surface area contributed by atoms with E-state index in [0.717, 1.165) is 29.7 Å². The number of carbonyl (C=O) groups excluding carboxylic acids is 1. The average molecular weight is 326 g/mol. The monoisotopic (exact) mass is 326 g/mol. The minimum absolute atomic E-state index is 0.0324. The first-order valence-corrected chi connectivity index (χ1v) is 8.42. The Balaban J connectivity index is 1.67. The third-order valence-corrected chi connectivity index (χ3v) is 4.76. The van der Waals surface area contributed by atoms with Crippen LogP contribution in [0, 0.1) is 12.7 Å². The van der Waals surface area contributed by atoms with Crippen LogP contribution >= 0.6 is 0 Å². The molecule has 0 atom stereocenters. The lowest BCUT2D eigenvalue weighted by Crippen LogP contribution is -2.43. The highest BCUT2D eigenvalue weighted by Crippen LogP contribution is 2.47. The van der Waals surface area contributed by atoms with Gasteiger partial charge in [0.2, 0.25) is 0 Å². The van der Waals surface area contributed by atoms with E-state index < -0.39 is 0 Å². The molecule has 0 radical (unpaired) electrons. The van der Waals surface area contributed by atoms with Gasteiger partial charge < -0.3 is 5.32 Å². The van der Waals surface area contributed by atoms with Crippen molar-refractivity contribution in [1.29, 1.82) is 0 Å². The summed E-state index contributed by atoms with van der Waals surface area (Å²) in [7, 11) is 0. The van der Waals surface area contributed by atoms with Crippen molar-refractivity contribution in [2.24, 2.45) is 0 Å². The second-order valence-corrected chi connectivity index (χ2v) is 6.53. The maximum atomic E-state index is 13.1. The molecule has 1 aliphatic carbocycles. The highest BCUT2D eigenvalue weighted by Gasteiger charge is 2.44. The van der Waals surface area contributed by atoms with E-state index in [4.69, 9.17) is 0 Å². The molecule has 0 saturated heterocycles. The predicted molar refractivity (Wildman–Crippen MR) is 94.9 cm³/mol. The normalized spacial score (nSPS) is 15.0. The van der Waals surface area contributed by atoms with Crippen molar-refractivity contribution < 1.29 is 9.18 Å². The molecule has 4 heteroatoms. The lowest BCUT2D eigenvalue weighted by Gasteiger charge is -2.24. The van der Waals surface area contributed by atoms with Gasteiger partial charge in [0.25, 0.3) is 0 Å². The van der Waals surface area contributed by atoms with Crippen molar-refractivity contribution in [3.8, 4) is 0 Å². The summed E-state index contributed by atoms with van der Waals surface area (Å²) in [4.78, 5) is 14.3. The van der Waals surface area contributed by atoms with Gasteiger partial charge in [-0.15, -0.1) is 0 Å². The molecule has 2 amide bonds. The number of rotatable bonds is 5. The Morgan fingerprint density at radius 1 is 1.21 bits per heavy atom. The fourth-order valence-electron chi connectivity index (χ4n) is 3.10. The molecule has 3 nitrogen and oxygen atoms in total. The van der Waals surface area contributed by atoms with Gasteiger partial charge in [-0.25, -0.2) is 9.18 Å². The van der Waals surface area contributed by atoms with Gasteiger partial charge in [0.05, 0.1) is 0 Å². The van der Waals surface area contributed by atoms with Crippen molar-refractivity contribution >= 4 is 11.7 Å². The standard InChI is InChI=1S/C20H23FN2O/c1-3-23(18-6-4-5-15(2)13-18)19(24)22-14-20(11-12-20)16-7-9-17(21)10-8-16/h4-10,13H,3,11-12,14H2,1-2H3,(H,22,24). The summed E-state index contributed by atoms with van der Waals surface area (Å²) in [5.41, 5.74) is 3.10. The third-order valence-electron chi connectivity index (χ3n) is 4.76. The Hall–Kier alpha value is -2.36. The predicted octanol–water partition coefficient (Wildman–Crippen LogP) is 4.40. The smallest absolute Gasteiger partial charge is 0.321 e. The molecule has 24 heavy (non-hydrogen) atoms. The summed E-state index contributed by atoms with van der Waals surface area (Å²) in [6.07, 6.45) is 2.05. The third kappa shape index (κ3) is 3.42. The fourth-order valence-corrected chi connectivity index (χ4v) is 3.10. The molecule has 1 saturated carbocycles. The Bertz CT molecular complexity index is 723. The summed E-state index contributed by atoms with van der Waals surface area (Å²) in [5, 5.41) is 3.06. The molecule has 0 aliphatic heterocycles. The average Bonchev–Trinajstić information content (AvgIpc) is 3.35. The fraction of sp³-hybridized carbons (Fsp3) is 0.350. The van der Waals surface area contributed by atoms with E-state index in [9.17, 15) is 9.18 Å². The number of aryl methyl sites for hydroxylation is 1. The first-order chi connectivity index (χ1) is 11.5. The van der Waals surface area contributed by atoms with Gasteiger partial charge in [-0.3, -0.25) is 4.90 Å². The number of anilines is 1. The van der Waals surface area contributed by atoms with Crippen LogP contribution < -0.4 is 10.2 Å². The van der Waals surface area contributed by atoms with Gasteiger partial charge in [0, 0.05) is 24.2 Å². The number of halogens is 1. The highest BCUT2D eigenvalue weighted by molar-refractivity contribution is 5.92. The molecule has 0 heterocycles. The minimum Gasteiger partial charge on any atom is -0.337 e. The summed E-state index contributed by atoms with van der Waals surface area (Å²) < 4.78 is 13.1. The zero-order valence-corrected chi connectivity index (χ0v) is 14.2. The molecule has 1 aliphatic rings. The van der Waals surface area contributed by atoms with Crippen LogP contribution in [0.4, 0.5) is 14.9 Å². The molecule has 0 aromatic heterocycles. The number of nitrogens with one attached hydrogen (secondary N) is 1. The first-order valence-electron chi connectivity index (χ1n) is 8.42. The van der Waals surface area contributed by atoms with Crippen LogP contribution in [-0.2, 0) is 5.41 Å². The number of carbonyl (C=O) groups is 1. The Morgan fingerprint density at radius 2 is 1.92 bits per heavy atom. The maximum Gasteiger partial charge on any atom is 0.321 e. The summed E-state index contributed by atoms with van der Waals surface area (Å²) in [6.45, 7) is 5.18. The summed E-state index contributed by atoms with van der Waals surface area (Å²) in [6, 6.07) is 14.5. The Kier molecular flexibility index (Phi) is 4.56. The highest BCUT2D eigenvalue weighted by atomic mass is 19.1. The van der Waals surface area contributed by atoms with Crippen molar-refractivity contribution in [2.45, 2.75) is 32.1 Å². The van der Waals surface area contributed by atoms with Crippen molar-refractivity contribution in [2.75, 3.05) is 18.0 Å². The maximum absolute atomic E-state index is 13.1. The van der Waals surface area contributed by atoms with Crippen LogP contribution in [0.2, 0.25) is 0 Å². The van der Waals surface area contributed by atoms with Gasteiger partial charge in [0.15, 0.2) is 0 Å². The number of hydrogen-bond donors (Lipinski definition) is 1. The topological polar surface area (TPSA) is 32.3 Å². The quantitative estimate of drug-likeness (QED) is 0.868. The molecule has 0 unspecified atom stereocenters. The number of urea groups is 1. The van der Waals surface area contributed by atoms with Gasteiger partial charge >= 0.3 is 6.03 Å². The lowest BCUT2D eigenvalue weighted by molar-refractivity contribution is 0.245. The molecule has 0 spiro atoms. The van der Waals surface area contributed by atoms with Gasteiger partial charge in [0.1, 0.15) is 5.82 Å². The Labute approximate surface area is 142 Å². The zero-order chi connectivity index (χ0) is 17.2. The van der Waals surface area contributed by atoms with Gasteiger partial charge in [-0.1, -0.05) is 24.3 Å².